The first-order valence-electron chi connectivity index (χ1n) is 7.66. The Hall–Kier alpha value is -1.80. The van der Waals surface area contributed by atoms with Gasteiger partial charge in [-0.15, -0.1) is 11.3 Å². The summed E-state index contributed by atoms with van der Waals surface area (Å²) in [5, 5.41) is 0.420. The number of ether oxygens (including phenoxy) is 2. The lowest BCUT2D eigenvalue weighted by molar-refractivity contribution is 0.354. The van der Waals surface area contributed by atoms with Crippen molar-refractivity contribution in [2.45, 2.75) is 31.1 Å². The Morgan fingerprint density at radius 3 is 2.71 bits per heavy atom. The molecule has 0 fully saturated rings. The van der Waals surface area contributed by atoms with Crippen LogP contribution in [0, 0.1) is 5.92 Å². The summed E-state index contributed by atoms with van der Waals surface area (Å²) in [5.74, 6) is 1.47. The Balaban J connectivity index is 1.86. The summed E-state index contributed by atoms with van der Waals surface area (Å²) in [7, 11) is -0.746. The second kappa shape index (κ2) is 6.60. The van der Waals surface area contributed by atoms with Crippen LogP contribution in [0.2, 0.25) is 0 Å². The minimum Gasteiger partial charge on any atom is -0.493 e. The number of rotatable bonds is 5. The van der Waals surface area contributed by atoms with Crippen molar-refractivity contribution < 1.29 is 17.9 Å². The molecule has 0 bridgehead atoms. The molecule has 6 nitrogen and oxygen atoms in total. The zero-order valence-corrected chi connectivity index (χ0v) is 15.5. The number of anilines is 1. The molecular formula is C16H20N2O4S2. The van der Waals surface area contributed by atoms with E-state index in [1.165, 1.54) is 42.6 Å². The monoisotopic (exact) mass is 368 g/mol. The van der Waals surface area contributed by atoms with E-state index in [1.807, 2.05) is 0 Å². The Morgan fingerprint density at radius 2 is 2.00 bits per heavy atom. The highest BCUT2D eigenvalue weighted by Gasteiger charge is 2.23. The Morgan fingerprint density at radius 1 is 1.25 bits per heavy atom. The average Bonchev–Trinajstić information content (AvgIpc) is 2.94. The van der Waals surface area contributed by atoms with E-state index in [1.54, 1.807) is 6.07 Å². The molecule has 1 aliphatic carbocycles. The van der Waals surface area contributed by atoms with Crippen LogP contribution in [0.1, 0.15) is 23.9 Å². The maximum Gasteiger partial charge on any atom is 0.263 e. The van der Waals surface area contributed by atoms with Crippen LogP contribution in [-0.2, 0) is 22.9 Å². The molecule has 0 amide bonds. The van der Waals surface area contributed by atoms with Crippen molar-refractivity contribution in [3.63, 3.8) is 0 Å². The maximum absolute atomic E-state index is 12.6. The highest BCUT2D eigenvalue weighted by atomic mass is 32.2. The van der Waals surface area contributed by atoms with E-state index in [4.69, 9.17) is 9.47 Å². The van der Waals surface area contributed by atoms with Crippen LogP contribution in [0.3, 0.4) is 0 Å². The molecule has 0 saturated carbocycles. The van der Waals surface area contributed by atoms with E-state index in [2.05, 4.69) is 16.6 Å². The van der Waals surface area contributed by atoms with Crippen molar-refractivity contribution in [3.05, 3.63) is 28.8 Å². The number of nitrogens with zero attached hydrogens (tertiary/aromatic N) is 1. The van der Waals surface area contributed by atoms with Gasteiger partial charge in [-0.25, -0.2) is 13.4 Å². The highest BCUT2D eigenvalue weighted by Crippen LogP contribution is 2.34. The Labute approximate surface area is 145 Å². The molecule has 2 aromatic rings. The lowest BCUT2D eigenvalue weighted by Gasteiger charge is -2.15. The highest BCUT2D eigenvalue weighted by molar-refractivity contribution is 7.93. The predicted octanol–water partition coefficient (Wildman–Crippen LogP) is 3.09. The van der Waals surface area contributed by atoms with Gasteiger partial charge < -0.3 is 9.47 Å². The summed E-state index contributed by atoms with van der Waals surface area (Å²) < 4.78 is 38.1. The van der Waals surface area contributed by atoms with E-state index in [0.717, 1.165) is 25.0 Å². The molecule has 3 rings (SSSR count). The van der Waals surface area contributed by atoms with Crippen LogP contribution in [0.5, 0.6) is 11.5 Å². The molecule has 8 heteroatoms. The number of methoxy groups -OCH3 is 2. The van der Waals surface area contributed by atoms with Crippen LogP contribution in [0.4, 0.5) is 5.13 Å². The maximum atomic E-state index is 12.6. The number of hydrogen-bond acceptors (Lipinski definition) is 6. The molecule has 1 aromatic carbocycles. The fourth-order valence-electron chi connectivity index (χ4n) is 2.74. The summed E-state index contributed by atoms with van der Waals surface area (Å²) >= 11 is 1.42. The second-order valence-corrected chi connectivity index (χ2v) is 8.63. The van der Waals surface area contributed by atoms with Crippen molar-refractivity contribution in [3.8, 4) is 11.5 Å². The number of benzene rings is 1. The molecule has 1 heterocycles. The fourth-order valence-corrected chi connectivity index (χ4v) is 5.16. The molecule has 1 aliphatic rings. The van der Waals surface area contributed by atoms with Crippen molar-refractivity contribution >= 4 is 26.5 Å². The number of fused-ring (bicyclic) bond motifs is 1. The van der Waals surface area contributed by atoms with Crippen LogP contribution < -0.4 is 14.2 Å². The zero-order chi connectivity index (χ0) is 17.3. The molecule has 1 unspecified atom stereocenters. The molecule has 24 heavy (non-hydrogen) atoms. The summed E-state index contributed by atoms with van der Waals surface area (Å²) in [6.45, 7) is 2.20. The van der Waals surface area contributed by atoms with E-state index < -0.39 is 10.0 Å². The quantitative estimate of drug-likeness (QED) is 0.877. The number of sulfonamides is 1. The van der Waals surface area contributed by atoms with Crippen LogP contribution >= 0.6 is 11.3 Å². The van der Waals surface area contributed by atoms with Gasteiger partial charge in [-0.3, -0.25) is 4.72 Å². The summed E-state index contributed by atoms with van der Waals surface area (Å²) in [6.07, 6.45) is 2.97. The van der Waals surface area contributed by atoms with Gasteiger partial charge >= 0.3 is 0 Å². The van der Waals surface area contributed by atoms with Gasteiger partial charge in [0.1, 0.15) is 0 Å². The average molecular weight is 368 g/mol. The van der Waals surface area contributed by atoms with Crippen LogP contribution in [-0.4, -0.2) is 27.6 Å². The molecule has 0 radical (unpaired) electrons. The zero-order valence-electron chi connectivity index (χ0n) is 13.8. The third-order valence-electron chi connectivity index (χ3n) is 4.07. The van der Waals surface area contributed by atoms with Crippen molar-refractivity contribution in [1.82, 2.24) is 4.98 Å². The first-order chi connectivity index (χ1) is 11.4. The van der Waals surface area contributed by atoms with Crippen LogP contribution in [0.25, 0.3) is 0 Å². The van der Waals surface area contributed by atoms with Crippen molar-refractivity contribution in [2.75, 3.05) is 18.9 Å². The number of nitrogens with one attached hydrogen (secondary N) is 1. The van der Waals surface area contributed by atoms with Gasteiger partial charge in [0.2, 0.25) is 0 Å². The van der Waals surface area contributed by atoms with Gasteiger partial charge in [-0.1, -0.05) is 6.92 Å². The summed E-state index contributed by atoms with van der Waals surface area (Å²) in [6, 6.07) is 4.50. The number of hydrogen-bond donors (Lipinski definition) is 1. The van der Waals surface area contributed by atoms with E-state index in [9.17, 15) is 8.42 Å². The third-order valence-corrected chi connectivity index (χ3v) is 6.57. The molecular weight excluding hydrogens is 348 g/mol. The molecule has 1 aromatic heterocycles. The van der Waals surface area contributed by atoms with Crippen molar-refractivity contribution in [2.24, 2.45) is 5.92 Å². The number of aromatic nitrogens is 1. The standard InChI is InChI=1S/C16H20N2O4S2/c1-10-4-6-12-15(8-10)23-16(17-12)18-24(19,20)11-5-7-13(21-2)14(9-11)22-3/h5,7,9-10H,4,6,8H2,1-3H3,(H,17,18). The molecule has 0 aliphatic heterocycles. The number of aryl methyl sites for hydroxylation is 1. The molecule has 130 valence electrons. The third kappa shape index (κ3) is 3.34. The summed E-state index contributed by atoms with van der Waals surface area (Å²) in [4.78, 5) is 5.74. The van der Waals surface area contributed by atoms with Gasteiger partial charge in [0.25, 0.3) is 10.0 Å². The van der Waals surface area contributed by atoms with Gasteiger partial charge in [-0.2, -0.15) is 0 Å². The van der Waals surface area contributed by atoms with Gasteiger partial charge in [0, 0.05) is 10.9 Å². The van der Waals surface area contributed by atoms with Gasteiger partial charge in [0.05, 0.1) is 24.8 Å². The fraction of sp³-hybridized carbons (Fsp3) is 0.438. The summed E-state index contributed by atoms with van der Waals surface area (Å²) in [5.41, 5.74) is 1.02. The minimum atomic E-state index is -3.72. The van der Waals surface area contributed by atoms with Crippen molar-refractivity contribution in [1.29, 1.82) is 0 Å². The largest absolute Gasteiger partial charge is 0.493 e. The van der Waals surface area contributed by atoms with Gasteiger partial charge in [0.15, 0.2) is 16.6 Å². The topological polar surface area (TPSA) is 77.5 Å². The number of thiazole rings is 1. The Bertz CT molecular complexity index is 846. The SMILES string of the molecule is COc1ccc(S(=O)(=O)Nc2nc3c(s2)CC(C)CC3)cc1OC. The first-order valence-corrected chi connectivity index (χ1v) is 9.96. The van der Waals surface area contributed by atoms with E-state index in [-0.39, 0.29) is 4.90 Å². The lowest BCUT2D eigenvalue weighted by Crippen LogP contribution is -2.13. The van der Waals surface area contributed by atoms with Gasteiger partial charge in [-0.05, 0) is 37.3 Å². The molecule has 0 saturated heterocycles. The predicted molar refractivity (Wildman–Crippen MR) is 93.7 cm³/mol. The molecule has 1 atom stereocenters. The second-order valence-electron chi connectivity index (χ2n) is 5.86. The van der Waals surface area contributed by atoms with Crippen LogP contribution in [0.15, 0.2) is 23.1 Å². The lowest BCUT2D eigenvalue weighted by atomic mass is 9.93. The smallest absolute Gasteiger partial charge is 0.263 e. The normalized spacial score (nSPS) is 17.2. The molecule has 0 spiro atoms. The van der Waals surface area contributed by atoms with E-state index in [0.29, 0.717) is 22.5 Å². The minimum absolute atomic E-state index is 0.113. The Kier molecular flexibility index (Phi) is 4.69. The van der Waals surface area contributed by atoms with E-state index >= 15 is 0 Å². The first kappa shape index (κ1) is 17.0. The molecule has 1 N–H and O–H groups in total.